The van der Waals surface area contributed by atoms with Gasteiger partial charge in [-0.15, -0.1) is 23.7 Å². The topological polar surface area (TPSA) is 59.2 Å². The molecule has 1 aromatic rings. The first kappa shape index (κ1) is 18.7. The summed E-state index contributed by atoms with van der Waals surface area (Å²) in [5, 5.41) is 2.89. The molecular weight excluding hydrogens is 330 g/mol. The van der Waals surface area contributed by atoms with E-state index in [0.29, 0.717) is 18.3 Å². The maximum absolute atomic E-state index is 12.8. The van der Waals surface area contributed by atoms with Gasteiger partial charge in [-0.3, -0.25) is 4.79 Å². The molecule has 1 aromatic heterocycles. The van der Waals surface area contributed by atoms with E-state index in [0.717, 1.165) is 30.3 Å². The fraction of sp³-hybridized carbons (Fsp3) is 0.765. The Balaban J connectivity index is 0.00000192. The van der Waals surface area contributed by atoms with Crippen molar-refractivity contribution in [2.45, 2.75) is 63.8 Å². The van der Waals surface area contributed by atoms with Gasteiger partial charge in [0, 0.05) is 24.4 Å². The summed E-state index contributed by atoms with van der Waals surface area (Å²) >= 11 is 1.56. The van der Waals surface area contributed by atoms with Crippen LogP contribution in [0.25, 0.3) is 0 Å². The summed E-state index contributed by atoms with van der Waals surface area (Å²) in [7, 11) is 0. The van der Waals surface area contributed by atoms with Crippen molar-refractivity contribution in [3.63, 3.8) is 0 Å². The quantitative estimate of drug-likeness (QED) is 0.875. The lowest BCUT2D eigenvalue weighted by atomic mass is 9.84. The molecule has 1 atom stereocenters. The Labute approximate surface area is 149 Å². The van der Waals surface area contributed by atoms with Crippen LogP contribution in [0, 0.1) is 5.92 Å². The zero-order valence-electron chi connectivity index (χ0n) is 13.7. The van der Waals surface area contributed by atoms with Gasteiger partial charge in [-0.05, 0) is 31.7 Å². The summed E-state index contributed by atoms with van der Waals surface area (Å²) in [5.74, 6) is 0.966. The average Bonchev–Trinajstić information content (AvgIpc) is 3.18. The van der Waals surface area contributed by atoms with Crippen LogP contribution in [0.15, 0.2) is 5.38 Å². The van der Waals surface area contributed by atoms with Gasteiger partial charge in [0.15, 0.2) is 0 Å². The molecule has 2 fully saturated rings. The molecule has 0 spiro atoms. The van der Waals surface area contributed by atoms with E-state index in [1.54, 1.807) is 11.3 Å². The average molecular weight is 358 g/mol. The van der Waals surface area contributed by atoms with Gasteiger partial charge in [-0.2, -0.15) is 0 Å². The minimum absolute atomic E-state index is 0. The number of rotatable bonds is 5. The molecule has 23 heavy (non-hydrogen) atoms. The lowest BCUT2D eigenvalue weighted by Crippen LogP contribution is -2.37. The zero-order chi connectivity index (χ0) is 15.4. The van der Waals surface area contributed by atoms with Crippen LogP contribution in [-0.2, 0) is 6.42 Å². The van der Waals surface area contributed by atoms with Crippen LogP contribution in [0.4, 0.5) is 0 Å². The highest BCUT2D eigenvalue weighted by atomic mass is 35.5. The third-order valence-electron chi connectivity index (χ3n) is 5.10. The van der Waals surface area contributed by atoms with E-state index in [1.807, 2.05) is 5.38 Å². The summed E-state index contributed by atoms with van der Waals surface area (Å²) in [6, 6.07) is 0.440. The number of nitrogens with zero attached hydrogens (tertiary/aromatic N) is 2. The number of carbonyl (C=O) groups is 1. The number of hydrogen-bond donors (Lipinski definition) is 1. The van der Waals surface area contributed by atoms with E-state index in [2.05, 4.69) is 9.88 Å². The molecule has 3 rings (SSSR count). The minimum Gasteiger partial charge on any atom is -0.334 e. The fourth-order valence-electron chi connectivity index (χ4n) is 3.95. The van der Waals surface area contributed by atoms with Gasteiger partial charge in [0.1, 0.15) is 5.69 Å². The highest BCUT2D eigenvalue weighted by molar-refractivity contribution is 7.09. The van der Waals surface area contributed by atoms with E-state index in [9.17, 15) is 4.79 Å². The number of thiazole rings is 1. The number of aromatic nitrogens is 1. The molecule has 1 saturated carbocycles. The first-order chi connectivity index (χ1) is 10.8. The van der Waals surface area contributed by atoms with Gasteiger partial charge in [-0.25, -0.2) is 4.98 Å². The molecule has 130 valence electrons. The lowest BCUT2D eigenvalue weighted by Gasteiger charge is -2.29. The fourth-order valence-corrected chi connectivity index (χ4v) is 4.74. The number of amides is 1. The molecule has 4 nitrogen and oxygen atoms in total. The summed E-state index contributed by atoms with van der Waals surface area (Å²) in [6.07, 6.45) is 11.1. The molecule has 1 aliphatic heterocycles. The van der Waals surface area contributed by atoms with Crippen molar-refractivity contribution in [1.82, 2.24) is 9.88 Å². The number of likely N-dealkylation sites (tertiary alicyclic amines) is 1. The second-order valence-electron chi connectivity index (χ2n) is 6.70. The largest absolute Gasteiger partial charge is 0.334 e. The molecule has 6 heteroatoms. The number of halogens is 1. The lowest BCUT2D eigenvalue weighted by molar-refractivity contribution is 0.0706. The van der Waals surface area contributed by atoms with Gasteiger partial charge in [0.25, 0.3) is 5.91 Å². The van der Waals surface area contributed by atoms with Crippen molar-refractivity contribution in [2.24, 2.45) is 11.7 Å². The van der Waals surface area contributed by atoms with Crippen LogP contribution in [0.5, 0.6) is 0 Å². The number of hydrogen-bond acceptors (Lipinski definition) is 4. The van der Waals surface area contributed by atoms with Crippen molar-refractivity contribution in [1.29, 1.82) is 0 Å². The number of carbonyl (C=O) groups excluding carboxylic acids is 1. The molecular formula is C17H28ClN3OS. The van der Waals surface area contributed by atoms with Gasteiger partial charge in [0.2, 0.25) is 0 Å². The highest BCUT2D eigenvalue weighted by Crippen LogP contribution is 2.32. The molecule has 0 bridgehead atoms. The highest BCUT2D eigenvalue weighted by Gasteiger charge is 2.32. The Morgan fingerprint density at radius 3 is 2.78 bits per heavy atom. The van der Waals surface area contributed by atoms with Crippen LogP contribution in [-0.4, -0.2) is 34.9 Å². The summed E-state index contributed by atoms with van der Waals surface area (Å²) in [4.78, 5) is 19.3. The molecule has 2 N–H and O–H groups in total. The monoisotopic (exact) mass is 357 g/mol. The van der Waals surface area contributed by atoms with E-state index >= 15 is 0 Å². The SMILES string of the molecule is Cl.NCCc1nc(C(=O)N2CCCC2CC2CCCCC2)cs1. The first-order valence-electron chi connectivity index (χ1n) is 8.73. The van der Waals surface area contributed by atoms with Crippen molar-refractivity contribution < 1.29 is 4.79 Å². The van der Waals surface area contributed by atoms with E-state index in [4.69, 9.17) is 5.73 Å². The molecule has 2 heterocycles. The molecule has 0 radical (unpaired) electrons. The summed E-state index contributed by atoms with van der Waals surface area (Å²) in [5.41, 5.74) is 6.19. The van der Waals surface area contributed by atoms with Crippen molar-refractivity contribution in [3.8, 4) is 0 Å². The van der Waals surface area contributed by atoms with Crippen LogP contribution in [0.2, 0.25) is 0 Å². The van der Waals surface area contributed by atoms with E-state index in [1.165, 1.54) is 44.9 Å². The Kier molecular flexibility index (Phi) is 7.31. The smallest absolute Gasteiger partial charge is 0.273 e. The molecule has 1 aliphatic carbocycles. The van der Waals surface area contributed by atoms with Crippen LogP contribution in [0.3, 0.4) is 0 Å². The summed E-state index contributed by atoms with van der Waals surface area (Å²) in [6.45, 7) is 1.50. The van der Waals surface area contributed by atoms with Gasteiger partial charge in [-0.1, -0.05) is 32.1 Å². The van der Waals surface area contributed by atoms with Crippen LogP contribution < -0.4 is 5.73 Å². The molecule has 1 unspecified atom stereocenters. The molecule has 2 aliphatic rings. The second-order valence-corrected chi connectivity index (χ2v) is 7.64. The minimum atomic E-state index is 0. The van der Waals surface area contributed by atoms with Crippen LogP contribution >= 0.6 is 23.7 Å². The van der Waals surface area contributed by atoms with Gasteiger partial charge < -0.3 is 10.6 Å². The van der Waals surface area contributed by atoms with Crippen molar-refractivity contribution in [2.75, 3.05) is 13.1 Å². The van der Waals surface area contributed by atoms with Gasteiger partial charge in [0.05, 0.1) is 5.01 Å². The van der Waals surface area contributed by atoms with E-state index < -0.39 is 0 Å². The Morgan fingerprint density at radius 2 is 2.04 bits per heavy atom. The van der Waals surface area contributed by atoms with E-state index in [-0.39, 0.29) is 18.3 Å². The maximum Gasteiger partial charge on any atom is 0.273 e. The standard InChI is InChI=1S/C17H27N3OS.ClH/c18-9-8-16-19-15(12-22-16)17(21)20-10-4-7-14(20)11-13-5-2-1-3-6-13;/h12-14H,1-11,18H2;1H. The molecule has 0 aromatic carbocycles. The first-order valence-corrected chi connectivity index (χ1v) is 9.61. The van der Waals surface area contributed by atoms with Crippen molar-refractivity contribution >= 4 is 29.7 Å². The third kappa shape index (κ3) is 4.68. The van der Waals surface area contributed by atoms with Gasteiger partial charge >= 0.3 is 0 Å². The maximum atomic E-state index is 12.8. The zero-order valence-corrected chi connectivity index (χ0v) is 15.3. The Bertz CT molecular complexity index is 502. The third-order valence-corrected chi connectivity index (χ3v) is 6.01. The predicted molar refractivity (Wildman–Crippen MR) is 97.4 cm³/mol. The molecule has 1 amide bonds. The van der Waals surface area contributed by atoms with Crippen molar-refractivity contribution in [3.05, 3.63) is 16.1 Å². The summed E-state index contributed by atoms with van der Waals surface area (Å²) < 4.78 is 0. The second kappa shape index (κ2) is 9.00. The Hall–Kier alpha value is -0.650. The normalized spacial score (nSPS) is 22.1. The predicted octanol–water partition coefficient (Wildman–Crippen LogP) is 3.64. The number of nitrogens with two attached hydrogens (primary N) is 1. The molecule has 1 saturated heterocycles. The Morgan fingerprint density at radius 1 is 1.26 bits per heavy atom. The van der Waals surface area contributed by atoms with Crippen LogP contribution in [0.1, 0.15) is 66.9 Å².